The average Bonchev–Trinajstić information content (AvgIpc) is 2.88. The zero-order valence-corrected chi connectivity index (χ0v) is 22.6. The highest BCUT2D eigenvalue weighted by Gasteiger charge is 2.68. The van der Waals surface area contributed by atoms with Crippen molar-refractivity contribution in [1.29, 1.82) is 0 Å². The van der Waals surface area contributed by atoms with Crippen LogP contribution < -0.4 is 0 Å². The van der Waals surface area contributed by atoms with Crippen LogP contribution in [0.25, 0.3) is 17.2 Å². The van der Waals surface area contributed by atoms with Crippen LogP contribution in [-0.2, 0) is 11.8 Å². The van der Waals surface area contributed by atoms with Gasteiger partial charge in [-0.2, -0.15) is 26.3 Å². The molecule has 0 aliphatic rings. The quantitative estimate of drug-likeness (QED) is 0.285. The number of halogens is 6. The summed E-state index contributed by atoms with van der Waals surface area (Å²) in [7, 11) is 0. The van der Waals surface area contributed by atoms with Crippen LogP contribution in [0.15, 0.2) is 60.9 Å². The van der Waals surface area contributed by atoms with Gasteiger partial charge in [-0.3, -0.25) is 4.98 Å². The fourth-order valence-corrected chi connectivity index (χ4v) is 5.07. The van der Waals surface area contributed by atoms with Gasteiger partial charge >= 0.3 is 12.4 Å². The molecular formula is C31H33F6NO. The van der Waals surface area contributed by atoms with Crippen molar-refractivity contribution < 1.29 is 31.4 Å². The molecule has 0 aliphatic carbocycles. The minimum Gasteiger partial charge on any atom is -0.370 e. The Balaban J connectivity index is 2.03. The third-order valence-corrected chi connectivity index (χ3v) is 7.69. The Kier molecular flexibility index (Phi) is 8.70. The third kappa shape index (κ3) is 5.76. The number of rotatable bonds is 8. The van der Waals surface area contributed by atoms with Gasteiger partial charge in [-0.25, -0.2) is 0 Å². The molecule has 1 heterocycles. The molecule has 0 saturated heterocycles. The molecule has 39 heavy (non-hydrogen) atoms. The number of hydrogen-bond acceptors (Lipinski definition) is 2. The van der Waals surface area contributed by atoms with E-state index in [1.165, 1.54) is 6.07 Å². The lowest BCUT2D eigenvalue weighted by Gasteiger charge is -2.34. The highest BCUT2D eigenvalue weighted by atomic mass is 19.4. The van der Waals surface area contributed by atoms with E-state index in [4.69, 9.17) is 0 Å². The normalized spacial score (nSPS) is 13.3. The molecule has 0 aliphatic heterocycles. The monoisotopic (exact) mass is 549 g/mol. The second-order valence-electron chi connectivity index (χ2n) is 9.92. The molecule has 3 aromatic rings. The van der Waals surface area contributed by atoms with Gasteiger partial charge in [0.1, 0.15) is 0 Å². The van der Waals surface area contributed by atoms with Crippen LogP contribution in [0, 0.1) is 13.8 Å². The maximum atomic E-state index is 13.1. The van der Waals surface area contributed by atoms with Crippen molar-refractivity contribution in [3.05, 3.63) is 94.3 Å². The molecular weight excluding hydrogens is 516 g/mol. The Bertz CT molecular complexity index is 1320. The van der Waals surface area contributed by atoms with Crippen LogP contribution in [0.5, 0.6) is 0 Å². The molecule has 0 unspecified atom stereocenters. The van der Waals surface area contributed by atoms with Crippen molar-refractivity contribution in [3.63, 3.8) is 0 Å². The van der Waals surface area contributed by atoms with Crippen LogP contribution in [0.3, 0.4) is 0 Å². The van der Waals surface area contributed by atoms with E-state index in [1.807, 2.05) is 19.3 Å². The molecule has 2 nitrogen and oxygen atoms in total. The zero-order valence-electron chi connectivity index (χ0n) is 22.6. The van der Waals surface area contributed by atoms with Crippen LogP contribution in [0.2, 0.25) is 0 Å². The van der Waals surface area contributed by atoms with Gasteiger partial charge in [-0.15, -0.1) is 0 Å². The minimum atomic E-state index is -5.91. The van der Waals surface area contributed by atoms with Gasteiger partial charge in [0.2, 0.25) is 0 Å². The van der Waals surface area contributed by atoms with Gasteiger partial charge in [0, 0.05) is 23.4 Å². The summed E-state index contributed by atoms with van der Waals surface area (Å²) in [5.74, 6) is 0. The van der Waals surface area contributed by atoms with Crippen LogP contribution >= 0.6 is 0 Å². The summed E-state index contributed by atoms with van der Waals surface area (Å²) in [5.41, 5.74) is 1.59. The Morgan fingerprint density at radius 2 is 1.33 bits per heavy atom. The van der Waals surface area contributed by atoms with Crippen LogP contribution in [0.4, 0.5) is 26.3 Å². The summed E-state index contributed by atoms with van der Waals surface area (Å²) in [6, 6.07) is 13.4. The molecule has 0 spiro atoms. The van der Waals surface area contributed by atoms with Gasteiger partial charge in [-0.1, -0.05) is 63.2 Å². The molecule has 3 rings (SSSR count). The first kappa shape index (κ1) is 30.4. The maximum absolute atomic E-state index is 13.1. The molecule has 0 fully saturated rings. The first-order chi connectivity index (χ1) is 18.1. The summed E-state index contributed by atoms with van der Waals surface area (Å²) < 4.78 is 78.5. The second-order valence-corrected chi connectivity index (χ2v) is 9.92. The standard InChI is InChI=1S/C31H33F6NO/c1-6-22-17-24(19-38-18-22)27-12-11-26(16-21(27)5)28(7-2,8-3)25-10-9-23(20(4)15-25)13-14-29(39,30(32,33)34)31(35,36)37/h9-19,39H,6-8H2,1-5H3. The summed E-state index contributed by atoms with van der Waals surface area (Å²) in [6.07, 6.45) is -5.35. The number of aromatic nitrogens is 1. The van der Waals surface area contributed by atoms with E-state index in [0.29, 0.717) is 11.6 Å². The van der Waals surface area contributed by atoms with Crippen molar-refractivity contribution in [3.8, 4) is 11.1 Å². The first-order valence-electron chi connectivity index (χ1n) is 12.8. The number of nitrogens with zero attached hydrogens (tertiary/aromatic N) is 1. The lowest BCUT2D eigenvalue weighted by molar-refractivity contribution is -0.347. The van der Waals surface area contributed by atoms with Gasteiger partial charge in [-0.05, 0) is 84.2 Å². The van der Waals surface area contributed by atoms with E-state index < -0.39 is 23.4 Å². The van der Waals surface area contributed by atoms with E-state index in [9.17, 15) is 31.4 Å². The highest BCUT2D eigenvalue weighted by Crippen LogP contribution is 2.45. The molecule has 0 bridgehead atoms. The summed E-state index contributed by atoms with van der Waals surface area (Å²) >= 11 is 0. The van der Waals surface area contributed by atoms with Gasteiger partial charge in [0.15, 0.2) is 0 Å². The Morgan fingerprint density at radius 3 is 1.82 bits per heavy atom. The topological polar surface area (TPSA) is 33.1 Å². The molecule has 0 saturated carbocycles. The minimum absolute atomic E-state index is 0.154. The molecule has 0 radical (unpaired) electrons. The third-order valence-electron chi connectivity index (χ3n) is 7.69. The van der Waals surface area contributed by atoms with Crippen molar-refractivity contribution in [2.75, 3.05) is 0 Å². The number of pyridine rings is 1. The number of hydrogen-bond donors (Lipinski definition) is 1. The van der Waals surface area contributed by atoms with Gasteiger partial charge in [0.25, 0.3) is 5.60 Å². The molecule has 1 aromatic heterocycles. The number of benzene rings is 2. The molecule has 210 valence electrons. The van der Waals surface area contributed by atoms with Crippen LogP contribution in [0.1, 0.15) is 67.0 Å². The number of aryl methyl sites for hydroxylation is 3. The van der Waals surface area contributed by atoms with Gasteiger partial charge in [0.05, 0.1) is 0 Å². The highest BCUT2D eigenvalue weighted by molar-refractivity contribution is 5.68. The Morgan fingerprint density at radius 1 is 0.769 bits per heavy atom. The van der Waals surface area contributed by atoms with Crippen molar-refractivity contribution in [2.45, 2.75) is 77.2 Å². The lowest BCUT2D eigenvalue weighted by Crippen LogP contribution is -2.55. The van der Waals surface area contributed by atoms with Crippen molar-refractivity contribution >= 4 is 6.08 Å². The molecule has 0 atom stereocenters. The lowest BCUT2D eigenvalue weighted by atomic mass is 9.69. The largest absolute Gasteiger partial charge is 0.430 e. The predicted octanol–water partition coefficient (Wildman–Crippen LogP) is 8.90. The zero-order chi connectivity index (χ0) is 29.2. The number of aliphatic hydroxyl groups is 1. The van der Waals surface area contributed by atoms with Crippen LogP contribution in [-0.4, -0.2) is 28.0 Å². The summed E-state index contributed by atoms with van der Waals surface area (Å²) in [4.78, 5) is 4.35. The first-order valence-corrected chi connectivity index (χ1v) is 12.8. The van der Waals surface area contributed by atoms with E-state index in [1.54, 1.807) is 19.1 Å². The van der Waals surface area contributed by atoms with Crippen molar-refractivity contribution in [1.82, 2.24) is 4.98 Å². The number of alkyl halides is 6. The summed E-state index contributed by atoms with van der Waals surface area (Å²) in [5, 5.41) is 9.46. The fourth-order valence-electron chi connectivity index (χ4n) is 5.07. The average molecular weight is 550 g/mol. The molecule has 0 amide bonds. The maximum Gasteiger partial charge on any atom is 0.430 e. The fraction of sp³-hybridized carbons (Fsp3) is 0.387. The Labute approximate surface area is 225 Å². The smallest absolute Gasteiger partial charge is 0.370 e. The SMILES string of the molecule is CCc1cncc(-c2ccc(C(CC)(CC)c3ccc(C=CC(O)(C(F)(F)F)C(F)(F)F)c(C)c3)cc2C)c1. The second kappa shape index (κ2) is 11.2. The molecule has 2 aromatic carbocycles. The van der Waals surface area contributed by atoms with Crippen molar-refractivity contribution in [2.24, 2.45) is 0 Å². The van der Waals surface area contributed by atoms with E-state index >= 15 is 0 Å². The summed E-state index contributed by atoms with van der Waals surface area (Å²) in [6.45, 7) is 9.84. The van der Waals surface area contributed by atoms with E-state index in [2.05, 4.69) is 50.0 Å². The van der Waals surface area contributed by atoms with E-state index in [0.717, 1.165) is 52.6 Å². The van der Waals surface area contributed by atoms with Gasteiger partial charge < -0.3 is 5.11 Å². The predicted molar refractivity (Wildman–Crippen MR) is 142 cm³/mol. The molecule has 8 heteroatoms. The Hall–Kier alpha value is -3.13. The molecule has 1 N–H and O–H groups in total. The van der Waals surface area contributed by atoms with E-state index in [-0.39, 0.29) is 11.6 Å².